The van der Waals surface area contributed by atoms with Crippen molar-refractivity contribution in [2.45, 2.75) is 6.54 Å². The molecule has 0 bridgehead atoms. The Kier molecular flexibility index (Phi) is 4.21. The summed E-state index contributed by atoms with van der Waals surface area (Å²) in [5.41, 5.74) is 2.20. The summed E-state index contributed by atoms with van der Waals surface area (Å²) in [5, 5.41) is 14.0. The number of hydrogen-bond acceptors (Lipinski definition) is 6. The normalized spacial score (nSPS) is 12.1. The van der Waals surface area contributed by atoms with Gasteiger partial charge in [0.05, 0.1) is 30.0 Å². The van der Waals surface area contributed by atoms with Crippen molar-refractivity contribution < 1.29 is 14.4 Å². The summed E-state index contributed by atoms with van der Waals surface area (Å²) >= 11 is 0. The van der Waals surface area contributed by atoms with Gasteiger partial charge in [-0.05, 0) is 30.3 Å². The van der Waals surface area contributed by atoms with Crippen molar-refractivity contribution in [3.05, 3.63) is 79.1 Å². The first-order valence-corrected chi connectivity index (χ1v) is 9.08. The van der Waals surface area contributed by atoms with Crippen LogP contribution in [0.15, 0.2) is 83.3 Å². The zero-order valence-corrected chi connectivity index (χ0v) is 15.3. The number of ether oxygens (including phenoxy) is 1. The maximum Gasteiger partial charge on any atom is 0.156 e. The fourth-order valence-corrected chi connectivity index (χ4v) is 3.20. The first-order chi connectivity index (χ1) is 14.3. The van der Waals surface area contributed by atoms with Crippen LogP contribution in [0.25, 0.3) is 27.9 Å². The summed E-state index contributed by atoms with van der Waals surface area (Å²) in [7, 11) is 0. The van der Waals surface area contributed by atoms with E-state index in [1.807, 2.05) is 45.8 Å². The van der Waals surface area contributed by atoms with Gasteiger partial charge in [-0.1, -0.05) is 5.16 Å². The summed E-state index contributed by atoms with van der Waals surface area (Å²) in [6, 6.07) is 11.0. The molecule has 0 amide bonds. The summed E-state index contributed by atoms with van der Waals surface area (Å²) in [6.07, 6.45) is 10.9. The average Bonchev–Trinajstić information content (AvgIpc) is 3.44. The molecule has 0 radical (unpaired) electrons. The van der Waals surface area contributed by atoms with Gasteiger partial charge in [-0.2, -0.15) is 0 Å². The van der Waals surface area contributed by atoms with E-state index in [1.165, 1.54) is 0 Å². The van der Waals surface area contributed by atoms with Crippen molar-refractivity contribution in [1.82, 2.24) is 18.9 Å². The average molecular weight is 387 g/mol. The van der Waals surface area contributed by atoms with Gasteiger partial charge in [0.1, 0.15) is 29.0 Å². The van der Waals surface area contributed by atoms with Crippen LogP contribution in [0.2, 0.25) is 0 Å². The molecule has 5 aromatic rings. The van der Waals surface area contributed by atoms with Crippen LogP contribution in [0.3, 0.4) is 0 Å². The number of fused-ring (bicyclic) bond motifs is 2. The molecule has 0 aliphatic heterocycles. The highest BCUT2D eigenvalue weighted by Crippen LogP contribution is 2.24. The van der Waals surface area contributed by atoms with Gasteiger partial charge in [0.15, 0.2) is 5.76 Å². The minimum Gasteiger partial charge on any atom is -0.492 e. The lowest BCUT2D eigenvalue weighted by Crippen LogP contribution is -2.08. The SMILES string of the molecule is O/N=c1\cc(-c2cn3cccc3cn2)oc2ccc(OCCn3ccnc3)cc12. The Morgan fingerprint density at radius 1 is 1.17 bits per heavy atom. The third-order valence-corrected chi connectivity index (χ3v) is 4.66. The minimum absolute atomic E-state index is 0.385. The van der Waals surface area contributed by atoms with E-state index in [4.69, 9.17) is 9.15 Å². The maximum absolute atomic E-state index is 9.54. The van der Waals surface area contributed by atoms with Gasteiger partial charge in [0.2, 0.25) is 0 Å². The zero-order valence-electron chi connectivity index (χ0n) is 15.3. The van der Waals surface area contributed by atoms with Crippen LogP contribution >= 0.6 is 0 Å². The Labute approximate surface area is 164 Å². The van der Waals surface area contributed by atoms with Crippen molar-refractivity contribution in [1.29, 1.82) is 0 Å². The molecule has 0 aliphatic rings. The van der Waals surface area contributed by atoms with E-state index >= 15 is 0 Å². The van der Waals surface area contributed by atoms with E-state index < -0.39 is 0 Å². The molecule has 29 heavy (non-hydrogen) atoms. The van der Waals surface area contributed by atoms with Crippen LogP contribution in [-0.2, 0) is 6.54 Å². The third-order valence-electron chi connectivity index (χ3n) is 4.66. The molecule has 0 unspecified atom stereocenters. The van der Waals surface area contributed by atoms with Gasteiger partial charge < -0.3 is 23.3 Å². The molecule has 0 spiro atoms. The Morgan fingerprint density at radius 2 is 2.14 bits per heavy atom. The smallest absolute Gasteiger partial charge is 0.156 e. The Hall–Kier alpha value is -4.07. The molecule has 4 heterocycles. The first-order valence-electron chi connectivity index (χ1n) is 9.08. The molecule has 5 rings (SSSR count). The lowest BCUT2D eigenvalue weighted by molar-refractivity contribution is 0.298. The van der Waals surface area contributed by atoms with Crippen LogP contribution < -0.4 is 10.1 Å². The largest absolute Gasteiger partial charge is 0.492 e. The number of imidazole rings is 1. The molecular formula is C21H17N5O3. The fourth-order valence-electron chi connectivity index (χ4n) is 3.20. The molecule has 4 aromatic heterocycles. The number of benzene rings is 1. The second kappa shape index (κ2) is 7.16. The molecule has 0 fully saturated rings. The molecule has 1 N–H and O–H groups in total. The van der Waals surface area contributed by atoms with Gasteiger partial charge >= 0.3 is 0 Å². The summed E-state index contributed by atoms with van der Waals surface area (Å²) in [5.74, 6) is 1.17. The molecule has 0 saturated carbocycles. The monoisotopic (exact) mass is 387 g/mol. The second-order valence-electron chi connectivity index (χ2n) is 6.52. The topological polar surface area (TPSA) is 90.1 Å². The summed E-state index contributed by atoms with van der Waals surface area (Å²) < 4.78 is 15.7. The van der Waals surface area contributed by atoms with Crippen molar-refractivity contribution in [3.8, 4) is 17.2 Å². The molecule has 0 aliphatic carbocycles. The lowest BCUT2D eigenvalue weighted by Gasteiger charge is -2.09. The van der Waals surface area contributed by atoms with Crippen LogP contribution in [-0.4, -0.2) is 30.7 Å². The Balaban J connectivity index is 1.47. The highest BCUT2D eigenvalue weighted by Gasteiger charge is 2.10. The molecule has 144 valence electrons. The predicted octanol–water partition coefficient (Wildman–Crippen LogP) is 3.31. The van der Waals surface area contributed by atoms with Gasteiger partial charge in [0, 0.05) is 30.9 Å². The van der Waals surface area contributed by atoms with Crippen molar-refractivity contribution in [2.24, 2.45) is 5.16 Å². The number of nitrogens with zero attached hydrogens (tertiary/aromatic N) is 5. The standard InChI is InChI=1S/C21H17N5O3/c27-24-18-11-21(19-13-26-6-1-2-15(26)12-23-19)29-20-4-3-16(10-17(18)20)28-9-8-25-7-5-22-14-25/h1-7,10-14,27H,8-9H2/b24-18+. The lowest BCUT2D eigenvalue weighted by atomic mass is 10.2. The van der Waals surface area contributed by atoms with E-state index in [0.717, 1.165) is 5.52 Å². The van der Waals surface area contributed by atoms with E-state index in [9.17, 15) is 5.21 Å². The van der Waals surface area contributed by atoms with Crippen molar-refractivity contribution in [3.63, 3.8) is 0 Å². The first kappa shape index (κ1) is 17.1. The summed E-state index contributed by atoms with van der Waals surface area (Å²) in [4.78, 5) is 8.45. The number of aromatic nitrogens is 4. The molecule has 8 nitrogen and oxygen atoms in total. The van der Waals surface area contributed by atoms with Crippen LogP contribution in [0.4, 0.5) is 0 Å². The van der Waals surface area contributed by atoms with Crippen LogP contribution in [0.1, 0.15) is 0 Å². The van der Waals surface area contributed by atoms with Gasteiger partial charge in [-0.25, -0.2) is 9.97 Å². The van der Waals surface area contributed by atoms with E-state index in [0.29, 0.717) is 46.7 Å². The Morgan fingerprint density at radius 3 is 3.00 bits per heavy atom. The minimum atomic E-state index is 0.385. The maximum atomic E-state index is 9.54. The second-order valence-corrected chi connectivity index (χ2v) is 6.52. The van der Waals surface area contributed by atoms with Crippen molar-refractivity contribution >= 4 is 16.5 Å². The van der Waals surface area contributed by atoms with Crippen LogP contribution in [0.5, 0.6) is 5.75 Å². The third kappa shape index (κ3) is 3.31. The summed E-state index contributed by atoms with van der Waals surface area (Å²) in [6.45, 7) is 1.18. The highest BCUT2D eigenvalue weighted by molar-refractivity contribution is 5.79. The quantitative estimate of drug-likeness (QED) is 0.369. The molecule has 0 atom stereocenters. The predicted molar refractivity (Wildman–Crippen MR) is 105 cm³/mol. The fraction of sp³-hybridized carbons (Fsp3) is 0.0952. The van der Waals surface area contributed by atoms with Gasteiger partial charge in [-0.15, -0.1) is 0 Å². The van der Waals surface area contributed by atoms with Gasteiger partial charge in [0.25, 0.3) is 0 Å². The molecule has 0 saturated heterocycles. The number of rotatable bonds is 5. The molecular weight excluding hydrogens is 370 g/mol. The van der Waals surface area contributed by atoms with E-state index in [1.54, 1.807) is 36.9 Å². The van der Waals surface area contributed by atoms with Crippen LogP contribution in [0, 0.1) is 0 Å². The number of hydrogen-bond donors (Lipinski definition) is 1. The molecule has 1 aromatic carbocycles. The molecule has 8 heteroatoms. The highest BCUT2D eigenvalue weighted by atomic mass is 16.5. The van der Waals surface area contributed by atoms with Gasteiger partial charge in [-0.3, -0.25) is 0 Å². The zero-order chi connectivity index (χ0) is 19.6. The Bertz CT molecular complexity index is 1350. The van der Waals surface area contributed by atoms with E-state index in [2.05, 4.69) is 15.1 Å². The van der Waals surface area contributed by atoms with E-state index in [-0.39, 0.29) is 0 Å². The van der Waals surface area contributed by atoms with Crippen molar-refractivity contribution in [2.75, 3.05) is 6.61 Å².